The number of carbonyl (C=O) groups excluding carboxylic acids is 2. The van der Waals surface area contributed by atoms with Gasteiger partial charge in [-0.3, -0.25) is 9.59 Å². The highest BCUT2D eigenvalue weighted by Crippen LogP contribution is 2.10. The first-order valence-corrected chi connectivity index (χ1v) is 6.38. The molecule has 20 heavy (non-hydrogen) atoms. The third-order valence-corrected chi connectivity index (χ3v) is 2.72. The first-order chi connectivity index (χ1) is 9.62. The number of hydrazone groups is 1. The third kappa shape index (κ3) is 4.38. The summed E-state index contributed by atoms with van der Waals surface area (Å²) in [6.45, 7) is 4.60. The molecule has 0 radical (unpaired) electrons. The third-order valence-electron chi connectivity index (χ3n) is 2.72. The van der Waals surface area contributed by atoms with Gasteiger partial charge in [0, 0.05) is 13.1 Å². The van der Waals surface area contributed by atoms with E-state index < -0.39 is 11.8 Å². The lowest BCUT2D eigenvalue weighted by atomic mass is 10.2. The smallest absolute Gasteiger partial charge is 0.329 e. The number of benzene rings is 1. The molecule has 6 nitrogen and oxygen atoms in total. The van der Waals surface area contributed by atoms with Gasteiger partial charge < -0.3 is 9.64 Å². The van der Waals surface area contributed by atoms with Gasteiger partial charge in [0.25, 0.3) is 0 Å². The van der Waals surface area contributed by atoms with Crippen LogP contribution < -0.4 is 10.2 Å². The van der Waals surface area contributed by atoms with E-state index in [-0.39, 0.29) is 0 Å². The Morgan fingerprint density at radius 3 is 2.65 bits per heavy atom. The average Bonchev–Trinajstić information content (AvgIpc) is 2.48. The molecule has 1 aromatic carbocycles. The highest BCUT2D eigenvalue weighted by molar-refractivity contribution is 6.34. The highest BCUT2D eigenvalue weighted by atomic mass is 16.5. The van der Waals surface area contributed by atoms with E-state index in [4.69, 9.17) is 4.74 Å². The topological polar surface area (TPSA) is 71.0 Å². The predicted octanol–water partition coefficient (Wildman–Crippen LogP) is 1.01. The first-order valence-electron chi connectivity index (χ1n) is 6.38. The largest absolute Gasteiger partial charge is 0.497 e. The second-order valence-electron chi connectivity index (χ2n) is 3.95. The fourth-order valence-corrected chi connectivity index (χ4v) is 1.59. The molecule has 0 aromatic heterocycles. The normalized spacial score (nSPS) is 10.3. The predicted molar refractivity (Wildman–Crippen MR) is 76.7 cm³/mol. The molecule has 6 heteroatoms. The van der Waals surface area contributed by atoms with Crippen LogP contribution in [0.15, 0.2) is 29.4 Å². The number of hydrogen-bond donors (Lipinski definition) is 1. The van der Waals surface area contributed by atoms with Gasteiger partial charge in [-0.25, -0.2) is 5.43 Å². The number of nitrogens with one attached hydrogen (secondary N) is 1. The zero-order valence-electron chi connectivity index (χ0n) is 11.9. The Morgan fingerprint density at radius 1 is 1.35 bits per heavy atom. The summed E-state index contributed by atoms with van der Waals surface area (Å²) >= 11 is 0. The van der Waals surface area contributed by atoms with Gasteiger partial charge in [-0.2, -0.15) is 5.10 Å². The Hall–Kier alpha value is -2.37. The minimum Gasteiger partial charge on any atom is -0.497 e. The van der Waals surface area contributed by atoms with Crippen molar-refractivity contribution in [1.29, 1.82) is 0 Å². The van der Waals surface area contributed by atoms with Crippen LogP contribution >= 0.6 is 0 Å². The van der Waals surface area contributed by atoms with E-state index in [1.807, 2.05) is 26.0 Å². The second kappa shape index (κ2) is 7.93. The van der Waals surface area contributed by atoms with Gasteiger partial charge in [-0.05, 0) is 31.5 Å². The lowest BCUT2D eigenvalue weighted by Gasteiger charge is -2.16. The summed E-state index contributed by atoms with van der Waals surface area (Å²) < 4.78 is 5.07. The zero-order valence-corrected chi connectivity index (χ0v) is 11.9. The van der Waals surface area contributed by atoms with Gasteiger partial charge in [-0.1, -0.05) is 12.1 Å². The lowest BCUT2D eigenvalue weighted by Crippen LogP contribution is -2.41. The van der Waals surface area contributed by atoms with Crippen LogP contribution in [-0.4, -0.2) is 43.1 Å². The number of likely N-dealkylation sites (N-methyl/N-ethyl adjacent to an activating group) is 1. The van der Waals surface area contributed by atoms with Gasteiger partial charge in [0.1, 0.15) is 5.75 Å². The van der Waals surface area contributed by atoms with Gasteiger partial charge in [0.05, 0.1) is 13.3 Å². The van der Waals surface area contributed by atoms with E-state index in [9.17, 15) is 9.59 Å². The molecule has 0 heterocycles. The molecule has 0 fully saturated rings. The molecular formula is C14H19N3O3. The monoisotopic (exact) mass is 277 g/mol. The summed E-state index contributed by atoms with van der Waals surface area (Å²) in [5.74, 6) is -0.634. The quantitative estimate of drug-likeness (QED) is 0.496. The van der Waals surface area contributed by atoms with Crippen LogP contribution in [0.1, 0.15) is 19.4 Å². The van der Waals surface area contributed by atoms with Crippen LogP contribution in [0.25, 0.3) is 0 Å². The molecule has 0 bridgehead atoms. The maximum Gasteiger partial charge on any atom is 0.329 e. The first kappa shape index (κ1) is 15.7. The van der Waals surface area contributed by atoms with Crippen molar-refractivity contribution in [1.82, 2.24) is 10.3 Å². The van der Waals surface area contributed by atoms with Gasteiger partial charge >= 0.3 is 11.8 Å². The van der Waals surface area contributed by atoms with Crippen LogP contribution in [0.5, 0.6) is 5.75 Å². The second-order valence-corrected chi connectivity index (χ2v) is 3.95. The van der Waals surface area contributed by atoms with Crippen LogP contribution in [0, 0.1) is 0 Å². The molecule has 2 amide bonds. The van der Waals surface area contributed by atoms with Crippen LogP contribution in [0.4, 0.5) is 0 Å². The van der Waals surface area contributed by atoms with Crippen LogP contribution in [0.3, 0.4) is 0 Å². The van der Waals surface area contributed by atoms with Gasteiger partial charge in [0.2, 0.25) is 0 Å². The zero-order chi connectivity index (χ0) is 15.0. The fraction of sp³-hybridized carbons (Fsp3) is 0.357. The molecule has 0 aliphatic heterocycles. The van der Waals surface area contributed by atoms with Crippen LogP contribution in [-0.2, 0) is 9.59 Å². The summed E-state index contributed by atoms with van der Waals surface area (Å²) in [5, 5.41) is 3.76. The van der Waals surface area contributed by atoms with Crippen molar-refractivity contribution in [3.8, 4) is 5.75 Å². The van der Waals surface area contributed by atoms with Crippen molar-refractivity contribution in [3.05, 3.63) is 29.8 Å². The maximum atomic E-state index is 11.7. The van der Waals surface area contributed by atoms with Gasteiger partial charge in [0.15, 0.2) is 0 Å². The standard InChI is InChI=1S/C14H19N3O3/c1-4-17(5-2)14(19)13(18)16-15-10-11-7-6-8-12(9-11)20-3/h6-10H,4-5H2,1-3H3,(H,16,18). The average molecular weight is 277 g/mol. The number of ether oxygens (including phenoxy) is 1. The minimum absolute atomic E-state index is 0.488. The Kier molecular flexibility index (Phi) is 6.22. The summed E-state index contributed by atoms with van der Waals surface area (Å²) in [5.41, 5.74) is 2.98. The summed E-state index contributed by atoms with van der Waals surface area (Å²) in [6, 6.07) is 7.19. The summed E-state index contributed by atoms with van der Waals surface area (Å²) in [6.07, 6.45) is 1.45. The highest BCUT2D eigenvalue weighted by Gasteiger charge is 2.18. The molecule has 0 unspecified atom stereocenters. The van der Waals surface area contributed by atoms with E-state index >= 15 is 0 Å². The lowest BCUT2D eigenvalue weighted by molar-refractivity contribution is -0.145. The molecule has 1 aromatic rings. The van der Waals surface area contributed by atoms with E-state index in [1.165, 1.54) is 11.1 Å². The van der Waals surface area contributed by atoms with Crippen molar-refractivity contribution in [2.24, 2.45) is 5.10 Å². The number of carbonyl (C=O) groups is 2. The molecule has 1 N–H and O–H groups in total. The van der Waals surface area contributed by atoms with Crippen molar-refractivity contribution in [2.45, 2.75) is 13.8 Å². The van der Waals surface area contributed by atoms with Crippen molar-refractivity contribution in [2.75, 3.05) is 20.2 Å². The van der Waals surface area contributed by atoms with Crippen molar-refractivity contribution < 1.29 is 14.3 Å². The molecule has 0 atom stereocenters. The summed E-state index contributed by atoms with van der Waals surface area (Å²) in [4.78, 5) is 24.7. The summed E-state index contributed by atoms with van der Waals surface area (Å²) in [7, 11) is 1.57. The van der Waals surface area contributed by atoms with Gasteiger partial charge in [-0.15, -0.1) is 0 Å². The molecule has 0 aliphatic carbocycles. The number of hydrogen-bond acceptors (Lipinski definition) is 4. The Bertz CT molecular complexity index is 496. The SMILES string of the molecule is CCN(CC)C(=O)C(=O)NN=Cc1cccc(OC)c1. The molecule has 0 spiro atoms. The maximum absolute atomic E-state index is 11.7. The molecule has 0 saturated heterocycles. The number of amides is 2. The van der Waals surface area contributed by atoms with E-state index in [0.29, 0.717) is 18.8 Å². The Morgan fingerprint density at radius 2 is 2.05 bits per heavy atom. The molecule has 0 aliphatic rings. The fourth-order valence-electron chi connectivity index (χ4n) is 1.59. The van der Waals surface area contributed by atoms with E-state index in [1.54, 1.807) is 19.2 Å². The van der Waals surface area contributed by atoms with Crippen molar-refractivity contribution in [3.63, 3.8) is 0 Å². The van der Waals surface area contributed by atoms with Crippen LogP contribution in [0.2, 0.25) is 0 Å². The minimum atomic E-state index is -0.743. The molecule has 1 rings (SSSR count). The Balaban J connectivity index is 2.59. The number of rotatable bonds is 5. The van der Waals surface area contributed by atoms with E-state index in [2.05, 4.69) is 10.5 Å². The number of methoxy groups -OCH3 is 1. The van der Waals surface area contributed by atoms with Crippen molar-refractivity contribution >= 4 is 18.0 Å². The molecule has 0 saturated carbocycles. The molecule has 108 valence electrons. The van der Waals surface area contributed by atoms with E-state index in [0.717, 1.165) is 5.56 Å². The Labute approximate surface area is 118 Å². The number of nitrogens with zero attached hydrogens (tertiary/aromatic N) is 2. The molecular weight excluding hydrogens is 258 g/mol.